The summed E-state index contributed by atoms with van der Waals surface area (Å²) in [5.41, 5.74) is -1.01. The molecule has 0 spiro atoms. The van der Waals surface area contributed by atoms with Crippen LogP contribution in [0.3, 0.4) is 0 Å². The molecule has 57 heavy (non-hydrogen) atoms. The van der Waals surface area contributed by atoms with Crippen LogP contribution in [0.2, 0.25) is 0 Å². The van der Waals surface area contributed by atoms with Gasteiger partial charge in [0, 0.05) is 12.5 Å². The molecule has 0 fully saturated rings. The molecule has 0 aliphatic rings. The number of nitrogens with one attached hydrogen (secondary N) is 2. The Hall–Kier alpha value is -1.70. The zero-order valence-corrected chi connectivity index (χ0v) is 38.5. The molecule has 0 aromatic carbocycles. The Morgan fingerprint density at radius 2 is 1.04 bits per heavy atom. The van der Waals surface area contributed by atoms with Crippen molar-refractivity contribution >= 4 is 11.9 Å². The largest absolute Gasteiger partial charge is 0.481 e. The standard InChI is InChI=1S/C50H96N2O5/c1-7-11-13-25-35-45(53)37-27-21-17-15-16-20-24-34-44(5)47(55)52-43-33-31-41-50(10-4,48(56)57)49(9-3,40-30-32-42-51-6)39-29-23-19-18-22-28-38-46(54)36-26-14-12-8-2/h21-22,27-28,44-46,51,53-54H,7-20,23-26,29-43H2,1-6H3,(H,52,55)(H,56,57)/b27-21-,28-22-/t44?,45-,46-,49?,50?/m1/s1. The lowest BCUT2D eigenvalue weighted by atomic mass is 9.54. The van der Waals surface area contributed by atoms with Gasteiger partial charge < -0.3 is 26.0 Å². The van der Waals surface area contributed by atoms with Crippen LogP contribution in [0.1, 0.15) is 234 Å². The average Bonchev–Trinajstić information content (AvgIpc) is 3.20. The fourth-order valence-corrected chi connectivity index (χ4v) is 8.99. The number of unbranched alkanes of at least 4 members (excludes halogenated alkanes) is 15. The van der Waals surface area contributed by atoms with Crippen molar-refractivity contribution in [2.75, 3.05) is 20.1 Å². The monoisotopic (exact) mass is 805 g/mol. The van der Waals surface area contributed by atoms with Gasteiger partial charge in [0.25, 0.3) is 0 Å². The minimum atomic E-state index is -0.767. The second-order valence-electron chi connectivity index (χ2n) is 17.6. The molecule has 7 nitrogen and oxygen atoms in total. The molecule has 5 atom stereocenters. The van der Waals surface area contributed by atoms with Gasteiger partial charge >= 0.3 is 5.97 Å². The van der Waals surface area contributed by atoms with Gasteiger partial charge in [-0.05, 0) is 122 Å². The molecule has 0 aromatic rings. The van der Waals surface area contributed by atoms with E-state index in [9.17, 15) is 24.9 Å². The summed E-state index contributed by atoms with van der Waals surface area (Å²) in [4.78, 5) is 26.2. The predicted octanol–water partition coefficient (Wildman–Crippen LogP) is 13.0. The molecule has 7 heteroatoms. The highest BCUT2D eigenvalue weighted by atomic mass is 16.4. The molecule has 5 N–H and O–H groups in total. The van der Waals surface area contributed by atoms with Crippen LogP contribution in [0.5, 0.6) is 0 Å². The summed E-state index contributed by atoms with van der Waals surface area (Å²) >= 11 is 0. The second-order valence-corrected chi connectivity index (χ2v) is 17.6. The minimum Gasteiger partial charge on any atom is -0.481 e. The molecule has 0 aliphatic carbocycles. The molecule has 0 rings (SSSR count). The molecule has 0 bridgehead atoms. The van der Waals surface area contributed by atoms with E-state index in [-0.39, 0.29) is 29.4 Å². The topological polar surface area (TPSA) is 119 Å². The number of carbonyl (C=O) groups is 2. The highest BCUT2D eigenvalue weighted by molar-refractivity contribution is 5.78. The van der Waals surface area contributed by atoms with Gasteiger partial charge in [-0.3, -0.25) is 9.59 Å². The maximum Gasteiger partial charge on any atom is 0.310 e. The smallest absolute Gasteiger partial charge is 0.310 e. The van der Waals surface area contributed by atoms with Gasteiger partial charge in [-0.25, -0.2) is 0 Å². The molecule has 0 saturated heterocycles. The van der Waals surface area contributed by atoms with Crippen LogP contribution in [-0.4, -0.2) is 59.5 Å². The summed E-state index contributed by atoms with van der Waals surface area (Å²) in [6.07, 6.45) is 39.6. The van der Waals surface area contributed by atoms with Crippen molar-refractivity contribution < 1.29 is 24.9 Å². The van der Waals surface area contributed by atoms with Gasteiger partial charge in [0.2, 0.25) is 5.91 Å². The van der Waals surface area contributed by atoms with E-state index in [1.807, 2.05) is 14.0 Å². The second kappa shape index (κ2) is 37.3. The Morgan fingerprint density at radius 1 is 0.561 bits per heavy atom. The first kappa shape index (κ1) is 55.3. The third-order valence-corrected chi connectivity index (χ3v) is 13.0. The summed E-state index contributed by atoms with van der Waals surface area (Å²) in [6, 6.07) is 0. The fourth-order valence-electron chi connectivity index (χ4n) is 8.99. The third-order valence-electron chi connectivity index (χ3n) is 13.0. The minimum absolute atomic E-state index is 0.00906. The Kier molecular flexibility index (Phi) is 36.2. The van der Waals surface area contributed by atoms with Crippen LogP contribution in [0.15, 0.2) is 24.3 Å². The van der Waals surface area contributed by atoms with E-state index >= 15 is 0 Å². The number of hydrogen-bond acceptors (Lipinski definition) is 5. The van der Waals surface area contributed by atoms with Crippen LogP contribution >= 0.6 is 0 Å². The normalized spacial score (nSPS) is 15.8. The molecule has 1 amide bonds. The van der Waals surface area contributed by atoms with Crippen molar-refractivity contribution in [1.29, 1.82) is 0 Å². The van der Waals surface area contributed by atoms with Gasteiger partial charge in [-0.1, -0.05) is 155 Å². The van der Waals surface area contributed by atoms with E-state index in [0.717, 1.165) is 154 Å². The summed E-state index contributed by atoms with van der Waals surface area (Å²) in [6.45, 7) is 12.3. The van der Waals surface area contributed by atoms with Crippen LogP contribution in [0.4, 0.5) is 0 Å². The number of carboxylic acids is 1. The average molecular weight is 805 g/mol. The van der Waals surface area contributed by atoms with E-state index in [0.29, 0.717) is 19.4 Å². The van der Waals surface area contributed by atoms with Crippen molar-refractivity contribution in [2.24, 2.45) is 16.7 Å². The van der Waals surface area contributed by atoms with Gasteiger partial charge in [-0.2, -0.15) is 0 Å². The molecule has 3 unspecified atom stereocenters. The molecule has 0 heterocycles. The zero-order valence-electron chi connectivity index (χ0n) is 38.5. The Morgan fingerprint density at radius 3 is 1.54 bits per heavy atom. The molecule has 0 aromatic heterocycles. The van der Waals surface area contributed by atoms with E-state index in [1.165, 1.54) is 38.5 Å². The van der Waals surface area contributed by atoms with Gasteiger partial charge in [0.1, 0.15) is 0 Å². The Bertz CT molecular complexity index is 1000. The molecule has 336 valence electrons. The first-order valence-electron chi connectivity index (χ1n) is 24.4. The van der Waals surface area contributed by atoms with Crippen LogP contribution in [0, 0.1) is 16.7 Å². The van der Waals surface area contributed by atoms with Crippen molar-refractivity contribution in [3.63, 3.8) is 0 Å². The maximum atomic E-state index is 13.3. The van der Waals surface area contributed by atoms with Gasteiger partial charge in [-0.15, -0.1) is 0 Å². The van der Waals surface area contributed by atoms with Crippen LogP contribution in [-0.2, 0) is 9.59 Å². The highest BCUT2D eigenvalue weighted by Crippen LogP contribution is 2.55. The maximum absolute atomic E-state index is 13.3. The number of aliphatic hydroxyl groups excluding tert-OH is 2. The number of rotatable bonds is 42. The predicted molar refractivity (Wildman–Crippen MR) is 245 cm³/mol. The van der Waals surface area contributed by atoms with Crippen molar-refractivity contribution in [3.05, 3.63) is 24.3 Å². The van der Waals surface area contributed by atoms with E-state index in [2.05, 4.69) is 62.6 Å². The molecule has 0 radical (unpaired) electrons. The molecule has 0 aliphatic heterocycles. The Labute approximate surface area is 353 Å². The lowest BCUT2D eigenvalue weighted by molar-refractivity contribution is -0.163. The van der Waals surface area contributed by atoms with E-state index in [4.69, 9.17) is 0 Å². The van der Waals surface area contributed by atoms with Crippen LogP contribution < -0.4 is 10.6 Å². The number of carboxylic acid groups (broad SMARTS) is 1. The number of allylic oxidation sites excluding steroid dienone is 2. The molecule has 0 saturated carbocycles. The lowest BCUT2D eigenvalue weighted by Crippen LogP contribution is -2.48. The van der Waals surface area contributed by atoms with Gasteiger partial charge in [0.05, 0.1) is 17.6 Å². The SMILES string of the molecule is CCCCCC[C@@H](O)C/C=C\CCCCCCC(C)C(=O)NCCCCC(CC)(C(=O)O)C(CC)(CCCCC/C=C\C[C@H](O)CCCCCC)CCCCNC. The molecular formula is C50H96N2O5. The summed E-state index contributed by atoms with van der Waals surface area (Å²) < 4.78 is 0. The molecular weight excluding hydrogens is 709 g/mol. The Balaban J connectivity index is 4.81. The van der Waals surface area contributed by atoms with Crippen molar-refractivity contribution in [3.8, 4) is 0 Å². The first-order chi connectivity index (χ1) is 27.6. The van der Waals surface area contributed by atoms with Crippen molar-refractivity contribution in [2.45, 2.75) is 246 Å². The number of aliphatic carboxylic acids is 1. The number of hydrogen-bond donors (Lipinski definition) is 5. The van der Waals surface area contributed by atoms with Gasteiger partial charge in [0.15, 0.2) is 0 Å². The fraction of sp³-hybridized carbons (Fsp3) is 0.880. The summed E-state index contributed by atoms with van der Waals surface area (Å²) in [5.74, 6) is -0.533. The lowest BCUT2D eigenvalue weighted by Gasteiger charge is -2.49. The quantitative estimate of drug-likeness (QED) is 0.0310. The zero-order chi connectivity index (χ0) is 42.5. The van der Waals surface area contributed by atoms with E-state index < -0.39 is 11.4 Å². The van der Waals surface area contributed by atoms with Crippen molar-refractivity contribution in [1.82, 2.24) is 10.6 Å². The van der Waals surface area contributed by atoms with E-state index in [1.54, 1.807) is 0 Å². The summed E-state index contributed by atoms with van der Waals surface area (Å²) in [5, 5.41) is 37.7. The highest BCUT2D eigenvalue weighted by Gasteiger charge is 2.52. The first-order valence-corrected chi connectivity index (χ1v) is 24.4. The summed E-state index contributed by atoms with van der Waals surface area (Å²) in [7, 11) is 1.98. The van der Waals surface area contributed by atoms with Crippen LogP contribution in [0.25, 0.3) is 0 Å². The number of aliphatic hydroxyl groups is 2. The number of amides is 1. The number of carbonyl (C=O) groups excluding carboxylic acids is 1. The third kappa shape index (κ3) is 26.2.